The number of carbonyl (C=O) groups excluding carboxylic acids is 3. The quantitative estimate of drug-likeness (QED) is 0.0769. The maximum Gasteiger partial charge on any atom is 0.331 e. The molecule has 0 bridgehead atoms. The van der Waals surface area contributed by atoms with Crippen molar-refractivity contribution in [2.75, 3.05) is 13.2 Å². The molecule has 17 heteroatoms. The average molecular weight is 723 g/mol. The van der Waals surface area contributed by atoms with Crippen molar-refractivity contribution in [3.8, 4) is 0 Å². The van der Waals surface area contributed by atoms with Gasteiger partial charge < -0.3 is 68.2 Å². The van der Waals surface area contributed by atoms with Crippen LogP contribution in [0.5, 0.6) is 0 Å². The van der Waals surface area contributed by atoms with Crippen molar-refractivity contribution in [3.63, 3.8) is 0 Å². The SMILES string of the molecule is CC(=O)OC1C(OC2C3C=COC(OC4OC(CO)C(O)C(O)C4O)C3C3(CO)OC23)OC(C)C(OC(=O)/C=C/c2ccccc2)C1OC(C)=O. The minimum Gasteiger partial charge on any atom is -0.472 e. The van der Waals surface area contributed by atoms with Gasteiger partial charge in [0.25, 0.3) is 0 Å². The van der Waals surface area contributed by atoms with Gasteiger partial charge in [-0.25, -0.2) is 4.79 Å². The molecule has 6 rings (SSSR count). The molecule has 0 radical (unpaired) electrons. The topological polar surface area (TPSA) is 239 Å². The Morgan fingerprint density at radius 1 is 0.824 bits per heavy atom. The van der Waals surface area contributed by atoms with E-state index in [1.807, 2.05) is 6.07 Å². The first kappa shape index (κ1) is 37.3. The van der Waals surface area contributed by atoms with E-state index in [4.69, 9.17) is 42.6 Å². The molecule has 0 aromatic heterocycles. The highest BCUT2D eigenvalue weighted by Gasteiger charge is 2.77. The van der Waals surface area contributed by atoms with E-state index in [-0.39, 0.29) is 0 Å². The van der Waals surface area contributed by atoms with E-state index < -0.39 is 128 Å². The number of aliphatic hydroxyl groups excluding tert-OH is 5. The number of aliphatic hydroxyl groups is 5. The second-order valence-corrected chi connectivity index (χ2v) is 13.0. The van der Waals surface area contributed by atoms with E-state index in [9.17, 15) is 39.9 Å². The molecule has 5 aliphatic rings. The number of hydrogen-bond donors (Lipinski definition) is 5. The van der Waals surface area contributed by atoms with Gasteiger partial charge in [-0.05, 0) is 24.6 Å². The fourth-order valence-electron chi connectivity index (χ4n) is 7.25. The van der Waals surface area contributed by atoms with Crippen LogP contribution in [0.15, 0.2) is 48.7 Å². The van der Waals surface area contributed by atoms with Crippen LogP contribution in [-0.4, -0.2) is 142 Å². The van der Waals surface area contributed by atoms with Gasteiger partial charge in [-0.2, -0.15) is 0 Å². The first-order valence-electron chi connectivity index (χ1n) is 16.5. The Morgan fingerprint density at radius 2 is 1.53 bits per heavy atom. The van der Waals surface area contributed by atoms with Crippen molar-refractivity contribution in [2.24, 2.45) is 11.8 Å². The number of rotatable bonds is 11. The summed E-state index contributed by atoms with van der Waals surface area (Å²) >= 11 is 0. The molecule has 1 aliphatic carbocycles. The lowest BCUT2D eigenvalue weighted by atomic mass is 9.85. The molecular weight excluding hydrogens is 680 g/mol. The van der Waals surface area contributed by atoms with E-state index in [0.717, 1.165) is 19.4 Å². The second kappa shape index (κ2) is 15.2. The van der Waals surface area contributed by atoms with Crippen molar-refractivity contribution in [2.45, 2.75) is 106 Å². The molecule has 0 amide bonds. The first-order chi connectivity index (χ1) is 24.4. The molecule has 16 atom stereocenters. The third-order valence-corrected chi connectivity index (χ3v) is 9.68. The summed E-state index contributed by atoms with van der Waals surface area (Å²) in [6.45, 7) is 2.67. The summed E-state index contributed by atoms with van der Waals surface area (Å²) in [4.78, 5) is 37.6. The number of fused-ring (bicyclic) bond motifs is 3. The molecule has 4 fully saturated rings. The van der Waals surface area contributed by atoms with Crippen LogP contribution in [0.25, 0.3) is 6.08 Å². The number of benzene rings is 1. The van der Waals surface area contributed by atoms with Crippen LogP contribution in [-0.2, 0) is 57.0 Å². The van der Waals surface area contributed by atoms with Crippen LogP contribution in [0.3, 0.4) is 0 Å². The summed E-state index contributed by atoms with van der Waals surface area (Å²) < 4.78 is 52.6. The van der Waals surface area contributed by atoms with E-state index in [1.54, 1.807) is 43.3 Å². The summed E-state index contributed by atoms with van der Waals surface area (Å²) in [5.41, 5.74) is -0.529. The van der Waals surface area contributed by atoms with E-state index in [1.165, 1.54) is 12.3 Å². The lowest BCUT2D eigenvalue weighted by Gasteiger charge is -2.45. The zero-order chi connectivity index (χ0) is 36.6. The highest BCUT2D eigenvalue weighted by molar-refractivity contribution is 5.87. The Labute approximate surface area is 292 Å². The Bertz CT molecular complexity index is 1470. The van der Waals surface area contributed by atoms with Crippen molar-refractivity contribution >= 4 is 24.0 Å². The predicted molar refractivity (Wildman–Crippen MR) is 166 cm³/mol. The van der Waals surface area contributed by atoms with Crippen LogP contribution in [0.2, 0.25) is 0 Å². The normalized spacial score (nSPS) is 42.7. The minimum absolute atomic E-state index is 0.510. The Balaban J connectivity index is 1.22. The third kappa shape index (κ3) is 7.41. The van der Waals surface area contributed by atoms with Crippen LogP contribution in [0.1, 0.15) is 26.3 Å². The third-order valence-electron chi connectivity index (χ3n) is 9.68. The van der Waals surface area contributed by atoms with Gasteiger partial charge in [0.1, 0.15) is 36.1 Å². The molecule has 5 N–H and O–H groups in total. The number of carbonyl (C=O) groups is 3. The summed E-state index contributed by atoms with van der Waals surface area (Å²) in [7, 11) is 0. The largest absolute Gasteiger partial charge is 0.472 e. The van der Waals surface area contributed by atoms with Crippen molar-refractivity contribution in [3.05, 3.63) is 54.3 Å². The van der Waals surface area contributed by atoms with Gasteiger partial charge in [-0.1, -0.05) is 30.3 Å². The fourth-order valence-corrected chi connectivity index (χ4v) is 7.25. The molecule has 0 spiro atoms. The first-order valence-corrected chi connectivity index (χ1v) is 16.5. The molecule has 1 saturated carbocycles. The van der Waals surface area contributed by atoms with Gasteiger partial charge in [-0.15, -0.1) is 0 Å². The zero-order valence-electron chi connectivity index (χ0n) is 27.9. The molecule has 280 valence electrons. The van der Waals surface area contributed by atoms with E-state index in [2.05, 4.69) is 0 Å². The number of esters is 3. The molecule has 1 aromatic rings. The van der Waals surface area contributed by atoms with Gasteiger partial charge in [0.15, 0.2) is 30.9 Å². The molecule has 4 heterocycles. The van der Waals surface area contributed by atoms with E-state index >= 15 is 0 Å². The summed E-state index contributed by atoms with van der Waals surface area (Å²) in [5, 5.41) is 51.2. The lowest BCUT2D eigenvalue weighted by Crippen LogP contribution is -2.62. The molecule has 1 aromatic carbocycles. The van der Waals surface area contributed by atoms with Crippen molar-refractivity contribution < 1.29 is 82.5 Å². The van der Waals surface area contributed by atoms with Crippen molar-refractivity contribution in [1.82, 2.24) is 0 Å². The van der Waals surface area contributed by atoms with E-state index in [0.29, 0.717) is 0 Å². The smallest absolute Gasteiger partial charge is 0.331 e. The summed E-state index contributed by atoms with van der Waals surface area (Å²) in [6.07, 6.45) is -11.4. The van der Waals surface area contributed by atoms with Crippen molar-refractivity contribution in [1.29, 1.82) is 0 Å². The monoisotopic (exact) mass is 722 g/mol. The highest BCUT2D eigenvalue weighted by Crippen LogP contribution is 2.61. The highest BCUT2D eigenvalue weighted by atomic mass is 16.8. The Hall–Kier alpha value is -3.49. The van der Waals surface area contributed by atoms with Gasteiger partial charge in [0, 0.05) is 25.8 Å². The van der Waals surface area contributed by atoms with Crippen LogP contribution >= 0.6 is 0 Å². The maximum atomic E-state index is 12.9. The lowest BCUT2D eigenvalue weighted by molar-refractivity contribution is -0.347. The molecular formula is C34H42O17. The zero-order valence-corrected chi connectivity index (χ0v) is 27.9. The molecule has 51 heavy (non-hydrogen) atoms. The second-order valence-electron chi connectivity index (χ2n) is 13.0. The molecule has 4 aliphatic heterocycles. The van der Waals surface area contributed by atoms with Crippen LogP contribution < -0.4 is 0 Å². The van der Waals surface area contributed by atoms with Gasteiger partial charge in [-0.3, -0.25) is 9.59 Å². The Morgan fingerprint density at radius 3 is 2.20 bits per heavy atom. The summed E-state index contributed by atoms with van der Waals surface area (Å²) in [6, 6.07) is 9.01. The molecule has 17 nitrogen and oxygen atoms in total. The number of epoxide rings is 1. The number of hydrogen-bond acceptors (Lipinski definition) is 17. The average Bonchev–Trinajstić information content (AvgIpc) is 3.78. The predicted octanol–water partition coefficient (Wildman–Crippen LogP) is -1.33. The van der Waals surface area contributed by atoms with Crippen LogP contribution in [0.4, 0.5) is 0 Å². The number of ether oxygens (including phenoxy) is 9. The molecule has 3 saturated heterocycles. The van der Waals surface area contributed by atoms with Gasteiger partial charge in [0.2, 0.25) is 6.29 Å². The van der Waals surface area contributed by atoms with Gasteiger partial charge in [0.05, 0.1) is 37.6 Å². The fraction of sp³-hybridized carbons (Fsp3) is 0.618. The maximum absolute atomic E-state index is 12.9. The van der Waals surface area contributed by atoms with Crippen LogP contribution in [0, 0.1) is 11.8 Å². The standard InChI is InChI=1S/C34H42O17/c1-15-26(48-21(39)10-9-18-7-5-4-6-8-18)28(45-16(2)37)29(46-17(3)38)33(44-15)49-27-19-11-12-43-31(22(19)34(14-36)30(27)51-34)50-32-25(42)24(41)23(40)20(13-35)47-32/h4-12,15,19-20,22-33,35-36,40-42H,13-14H2,1-3H3/b10-9+. The van der Waals surface area contributed by atoms with Gasteiger partial charge >= 0.3 is 17.9 Å². The molecule has 16 unspecified atom stereocenters. The summed E-state index contributed by atoms with van der Waals surface area (Å²) in [5.74, 6) is -3.70. The minimum atomic E-state index is -1.72. The Kier molecular flexibility index (Phi) is 11.1.